The molecule has 0 aliphatic carbocycles. The van der Waals surface area contributed by atoms with Gasteiger partial charge in [-0.1, -0.05) is 12.1 Å². The molecule has 3 rings (SSSR count). The first-order valence-corrected chi connectivity index (χ1v) is 8.56. The summed E-state index contributed by atoms with van der Waals surface area (Å²) in [6.45, 7) is 6.21. The minimum Gasteiger partial charge on any atom is -0.494 e. The molecule has 1 heterocycles. The van der Waals surface area contributed by atoms with E-state index in [9.17, 15) is 0 Å². The first-order valence-electron chi connectivity index (χ1n) is 8.56. The maximum absolute atomic E-state index is 5.76. The molecule has 4 heteroatoms. The van der Waals surface area contributed by atoms with Gasteiger partial charge in [-0.2, -0.15) is 0 Å². The van der Waals surface area contributed by atoms with E-state index in [2.05, 4.69) is 29.6 Å². The molecule has 1 unspecified atom stereocenters. The molecule has 1 N–H and O–H groups in total. The summed E-state index contributed by atoms with van der Waals surface area (Å²) in [6, 6.07) is 12.7. The van der Waals surface area contributed by atoms with Crippen LogP contribution in [0.1, 0.15) is 36.6 Å². The van der Waals surface area contributed by atoms with Crippen LogP contribution in [0.15, 0.2) is 36.4 Å². The predicted octanol–water partition coefficient (Wildman–Crippen LogP) is 3.73. The molecule has 0 amide bonds. The lowest BCUT2D eigenvalue weighted by Crippen LogP contribution is -2.30. The van der Waals surface area contributed by atoms with Gasteiger partial charge in [-0.25, -0.2) is 0 Å². The fourth-order valence-corrected chi connectivity index (χ4v) is 3.24. The van der Waals surface area contributed by atoms with Gasteiger partial charge in [0.25, 0.3) is 0 Å². The fourth-order valence-electron chi connectivity index (χ4n) is 3.24. The van der Waals surface area contributed by atoms with Crippen molar-refractivity contribution >= 4 is 0 Å². The summed E-state index contributed by atoms with van der Waals surface area (Å²) in [4.78, 5) is 0. The second kappa shape index (κ2) is 7.58. The molecule has 0 saturated heterocycles. The summed E-state index contributed by atoms with van der Waals surface area (Å²) in [5.74, 6) is 2.51. The van der Waals surface area contributed by atoms with E-state index in [0.717, 1.165) is 30.2 Å². The van der Waals surface area contributed by atoms with E-state index < -0.39 is 0 Å². The molecular weight excluding hydrogens is 302 g/mol. The molecule has 1 atom stereocenters. The average Bonchev–Trinajstić information content (AvgIpc) is 2.61. The highest BCUT2D eigenvalue weighted by Crippen LogP contribution is 2.38. The number of nitrogens with one attached hydrogen (secondary N) is 1. The van der Waals surface area contributed by atoms with Gasteiger partial charge in [0.15, 0.2) is 11.5 Å². The van der Waals surface area contributed by atoms with Crippen LogP contribution in [0.3, 0.4) is 0 Å². The first-order chi connectivity index (χ1) is 11.8. The maximum atomic E-state index is 5.76. The van der Waals surface area contributed by atoms with Gasteiger partial charge < -0.3 is 19.5 Å². The standard InChI is InChI=1S/C20H25NO3/c1-4-23-16-8-6-7-15(11-16)20-17-13-19(24-5-2)18(22-3)12-14(17)9-10-21-20/h6-8,11-13,20-21H,4-5,9-10H2,1-3H3. The summed E-state index contributed by atoms with van der Waals surface area (Å²) in [7, 11) is 1.69. The predicted molar refractivity (Wildman–Crippen MR) is 95.3 cm³/mol. The molecule has 0 aromatic heterocycles. The van der Waals surface area contributed by atoms with Gasteiger partial charge in [0.05, 0.1) is 26.4 Å². The van der Waals surface area contributed by atoms with Crippen LogP contribution in [0.4, 0.5) is 0 Å². The fraction of sp³-hybridized carbons (Fsp3) is 0.400. The largest absolute Gasteiger partial charge is 0.494 e. The number of methoxy groups -OCH3 is 1. The van der Waals surface area contributed by atoms with Crippen molar-refractivity contribution in [1.82, 2.24) is 5.32 Å². The first kappa shape index (κ1) is 16.7. The lowest BCUT2D eigenvalue weighted by Gasteiger charge is -2.29. The van der Waals surface area contributed by atoms with Gasteiger partial charge in [0, 0.05) is 6.54 Å². The van der Waals surface area contributed by atoms with Crippen molar-refractivity contribution < 1.29 is 14.2 Å². The third kappa shape index (κ3) is 3.34. The summed E-state index contributed by atoms with van der Waals surface area (Å²) < 4.78 is 16.9. The van der Waals surface area contributed by atoms with Crippen LogP contribution in [-0.4, -0.2) is 26.9 Å². The van der Waals surface area contributed by atoms with Crippen LogP contribution in [-0.2, 0) is 6.42 Å². The number of benzene rings is 2. The zero-order valence-electron chi connectivity index (χ0n) is 14.6. The zero-order valence-corrected chi connectivity index (χ0v) is 14.6. The molecule has 2 aromatic rings. The van der Waals surface area contributed by atoms with E-state index >= 15 is 0 Å². The Balaban J connectivity index is 2.01. The maximum Gasteiger partial charge on any atom is 0.161 e. The second-order valence-electron chi connectivity index (χ2n) is 5.78. The van der Waals surface area contributed by atoms with Gasteiger partial charge >= 0.3 is 0 Å². The third-order valence-electron chi connectivity index (χ3n) is 4.28. The Morgan fingerprint density at radius 3 is 2.62 bits per heavy atom. The van der Waals surface area contributed by atoms with E-state index in [4.69, 9.17) is 14.2 Å². The Morgan fingerprint density at radius 1 is 1.04 bits per heavy atom. The SMILES string of the molecule is CCOc1cccc(C2NCCc3cc(OC)c(OCC)cc32)c1. The highest BCUT2D eigenvalue weighted by atomic mass is 16.5. The van der Waals surface area contributed by atoms with E-state index in [-0.39, 0.29) is 6.04 Å². The van der Waals surface area contributed by atoms with Gasteiger partial charge in [0.2, 0.25) is 0 Å². The van der Waals surface area contributed by atoms with E-state index in [0.29, 0.717) is 13.2 Å². The molecule has 1 aliphatic rings. The van der Waals surface area contributed by atoms with Crippen LogP contribution >= 0.6 is 0 Å². The molecule has 0 fully saturated rings. The minimum absolute atomic E-state index is 0.138. The lowest BCUT2D eigenvalue weighted by molar-refractivity contribution is 0.309. The van der Waals surface area contributed by atoms with Crippen molar-refractivity contribution in [1.29, 1.82) is 0 Å². The molecule has 4 nitrogen and oxygen atoms in total. The molecule has 0 saturated carbocycles. The molecule has 0 bridgehead atoms. The molecule has 128 valence electrons. The third-order valence-corrected chi connectivity index (χ3v) is 4.28. The molecule has 1 aliphatic heterocycles. The highest BCUT2D eigenvalue weighted by Gasteiger charge is 2.24. The highest BCUT2D eigenvalue weighted by molar-refractivity contribution is 5.52. The average molecular weight is 327 g/mol. The number of hydrogen-bond donors (Lipinski definition) is 1. The van der Waals surface area contributed by atoms with Crippen molar-refractivity contribution in [2.75, 3.05) is 26.9 Å². The number of fused-ring (bicyclic) bond motifs is 1. The van der Waals surface area contributed by atoms with E-state index in [1.165, 1.54) is 16.7 Å². The van der Waals surface area contributed by atoms with Gasteiger partial charge in [-0.15, -0.1) is 0 Å². The quantitative estimate of drug-likeness (QED) is 0.877. The summed E-state index contributed by atoms with van der Waals surface area (Å²) in [5, 5.41) is 3.62. The molecular formula is C20H25NO3. The Kier molecular flexibility index (Phi) is 5.26. The van der Waals surface area contributed by atoms with Gasteiger partial charge in [0.1, 0.15) is 5.75 Å². The Hall–Kier alpha value is -2.20. The summed E-state index contributed by atoms with van der Waals surface area (Å²) in [6.07, 6.45) is 0.986. The van der Waals surface area contributed by atoms with Gasteiger partial charge in [-0.05, 0) is 61.2 Å². The Bertz CT molecular complexity index is 699. The Morgan fingerprint density at radius 2 is 1.88 bits per heavy atom. The molecule has 24 heavy (non-hydrogen) atoms. The van der Waals surface area contributed by atoms with Gasteiger partial charge in [-0.3, -0.25) is 0 Å². The molecule has 0 spiro atoms. The van der Waals surface area contributed by atoms with Crippen LogP contribution in [0.25, 0.3) is 0 Å². The number of ether oxygens (including phenoxy) is 3. The lowest BCUT2D eigenvalue weighted by atomic mass is 9.89. The monoisotopic (exact) mass is 327 g/mol. The van der Waals surface area contributed by atoms with Crippen LogP contribution < -0.4 is 19.5 Å². The van der Waals surface area contributed by atoms with Crippen LogP contribution in [0.2, 0.25) is 0 Å². The number of rotatable bonds is 6. The van der Waals surface area contributed by atoms with Crippen LogP contribution in [0.5, 0.6) is 17.2 Å². The topological polar surface area (TPSA) is 39.7 Å². The van der Waals surface area contributed by atoms with Crippen molar-refractivity contribution in [3.63, 3.8) is 0 Å². The van der Waals surface area contributed by atoms with Crippen molar-refractivity contribution in [3.05, 3.63) is 53.1 Å². The van der Waals surface area contributed by atoms with Crippen molar-refractivity contribution in [3.8, 4) is 17.2 Å². The smallest absolute Gasteiger partial charge is 0.161 e. The minimum atomic E-state index is 0.138. The van der Waals surface area contributed by atoms with Crippen LogP contribution in [0, 0.1) is 0 Å². The van der Waals surface area contributed by atoms with Crippen molar-refractivity contribution in [2.45, 2.75) is 26.3 Å². The Labute approximate surface area is 143 Å². The second-order valence-corrected chi connectivity index (χ2v) is 5.78. The number of hydrogen-bond acceptors (Lipinski definition) is 4. The zero-order chi connectivity index (χ0) is 16.9. The van der Waals surface area contributed by atoms with E-state index in [1.807, 2.05) is 26.0 Å². The molecule has 2 aromatic carbocycles. The summed E-state index contributed by atoms with van der Waals surface area (Å²) in [5.41, 5.74) is 3.76. The summed E-state index contributed by atoms with van der Waals surface area (Å²) >= 11 is 0. The van der Waals surface area contributed by atoms with E-state index in [1.54, 1.807) is 7.11 Å². The van der Waals surface area contributed by atoms with Crippen molar-refractivity contribution in [2.24, 2.45) is 0 Å². The normalized spacial score (nSPS) is 16.4. The molecule has 0 radical (unpaired) electrons.